The Morgan fingerprint density at radius 2 is 1.92 bits per heavy atom. The average Bonchev–Trinajstić information content (AvgIpc) is 2.64. The number of methoxy groups -OCH3 is 1. The lowest BCUT2D eigenvalue weighted by atomic mass is 10.2. The molecule has 1 fully saturated rings. The van der Waals surface area contributed by atoms with Crippen LogP contribution in [0.5, 0.6) is 17.2 Å². The zero-order valence-electron chi connectivity index (χ0n) is 14.4. The van der Waals surface area contributed by atoms with Crippen LogP contribution in [0.1, 0.15) is 5.56 Å². The second-order valence-corrected chi connectivity index (χ2v) is 6.65. The van der Waals surface area contributed by atoms with E-state index in [4.69, 9.17) is 14.2 Å². The third kappa shape index (κ3) is 5.16. The summed E-state index contributed by atoms with van der Waals surface area (Å²) in [5, 5.41) is 3.93. The van der Waals surface area contributed by atoms with Gasteiger partial charge in [0, 0.05) is 11.5 Å². The molecule has 0 saturated carbocycles. The zero-order chi connectivity index (χ0) is 18.2. The summed E-state index contributed by atoms with van der Waals surface area (Å²) in [4.78, 5) is 11.8. The quantitative estimate of drug-likeness (QED) is 0.570. The number of carbonyl (C=O) groups is 1. The maximum Gasteiger partial charge on any atom is 0.277 e. The minimum absolute atomic E-state index is 0.149. The molecule has 2 aromatic rings. The number of nitrogens with zero attached hydrogens (tertiary/aromatic N) is 1. The number of thioether (sulfide) groups is 1. The summed E-state index contributed by atoms with van der Waals surface area (Å²) in [6, 6.07) is 14.7. The van der Waals surface area contributed by atoms with Crippen LogP contribution in [0.25, 0.3) is 0 Å². The molecular weight excluding hydrogens is 352 g/mol. The van der Waals surface area contributed by atoms with Crippen molar-refractivity contribution in [2.24, 2.45) is 5.10 Å². The summed E-state index contributed by atoms with van der Waals surface area (Å²) in [6.07, 6.45) is 1.89. The van der Waals surface area contributed by atoms with Gasteiger partial charge in [0.25, 0.3) is 5.91 Å². The van der Waals surface area contributed by atoms with Gasteiger partial charge < -0.3 is 14.2 Å². The first-order valence-electron chi connectivity index (χ1n) is 8.17. The average molecular weight is 372 g/mol. The molecule has 3 rings (SSSR count). The first-order valence-corrected chi connectivity index (χ1v) is 9.32. The van der Waals surface area contributed by atoms with Gasteiger partial charge in [0.05, 0.1) is 13.3 Å². The van der Waals surface area contributed by atoms with Crippen molar-refractivity contribution in [3.8, 4) is 17.2 Å². The van der Waals surface area contributed by atoms with Crippen molar-refractivity contribution < 1.29 is 19.0 Å². The van der Waals surface area contributed by atoms with E-state index in [2.05, 4.69) is 10.5 Å². The van der Waals surface area contributed by atoms with Crippen LogP contribution in [-0.4, -0.2) is 43.4 Å². The lowest BCUT2D eigenvalue weighted by Crippen LogP contribution is -2.30. The Hall–Kier alpha value is -2.67. The molecule has 7 heteroatoms. The Balaban J connectivity index is 1.43. The summed E-state index contributed by atoms with van der Waals surface area (Å²) in [5.41, 5.74) is 3.30. The lowest BCUT2D eigenvalue weighted by Gasteiger charge is -2.25. The van der Waals surface area contributed by atoms with Crippen LogP contribution in [-0.2, 0) is 4.79 Å². The number of para-hydroxylation sites is 2. The fraction of sp³-hybridized carbons (Fsp3) is 0.263. The van der Waals surface area contributed by atoms with E-state index in [1.165, 1.54) is 0 Å². The van der Waals surface area contributed by atoms with Gasteiger partial charge in [-0.25, -0.2) is 5.43 Å². The van der Waals surface area contributed by atoms with Gasteiger partial charge in [-0.1, -0.05) is 12.1 Å². The van der Waals surface area contributed by atoms with E-state index in [1.54, 1.807) is 25.5 Å². The third-order valence-electron chi connectivity index (χ3n) is 3.62. The molecule has 26 heavy (non-hydrogen) atoms. The van der Waals surface area contributed by atoms with E-state index in [0.29, 0.717) is 17.6 Å². The number of rotatable bonds is 8. The van der Waals surface area contributed by atoms with E-state index >= 15 is 0 Å². The van der Waals surface area contributed by atoms with Gasteiger partial charge in [-0.05, 0) is 42.0 Å². The third-order valence-corrected chi connectivity index (χ3v) is 4.84. The standard InChI is InChI=1S/C19H20N2O4S/c1-23-17-4-2-3-5-18(17)24-11-19(22)21-20-10-14-6-8-15(9-7-14)25-16-12-26-13-16/h2-10,16H,11-13H2,1H3,(H,21,22)/b20-10-. The minimum atomic E-state index is -0.352. The van der Waals surface area contributed by atoms with E-state index in [9.17, 15) is 4.79 Å². The van der Waals surface area contributed by atoms with Crippen LogP contribution in [0, 0.1) is 0 Å². The number of ether oxygens (including phenoxy) is 3. The fourth-order valence-corrected chi connectivity index (χ4v) is 2.76. The lowest BCUT2D eigenvalue weighted by molar-refractivity contribution is -0.123. The van der Waals surface area contributed by atoms with Crippen LogP contribution in [0.3, 0.4) is 0 Å². The Morgan fingerprint density at radius 3 is 2.58 bits per heavy atom. The second kappa shape index (κ2) is 9.15. The topological polar surface area (TPSA) is 69.2 Å². The predicted octanol–water partition coefficient (Wildman–Crippen LogP) is 2.72. The van der Waals surface area contributed by atoms with Crippen LogP contribution >= 0.6 is 11.8 Å². The van der Waals surface area contributed by atoms with Crippen molar-refractivity contribution in [3.63, 3.8) is 0 Å². The molecule has 0 aliphatic carbocycles. The van der Waals surface area contributed by atoms with E-state index in [1.807, 2.05) is 48.2 Å². The minimum Gasteiger partial charge on any atom is -0.493 e. The van der Waals surface area contributed by atoms with Gasteiger partial charge >= 0.3 is 0 Å². The molecule has 2 aromatic carbocycles. The van der Waals surface area contributed by atoms with Crippen LogP contribution in [0.15, 0.2) is 53.6 Å². The van der Waals surface area contributed by atoms with Crippen molar-refractivity contribution in [1.82, 2.24) is 5.43 Å². The van der Waals surface area contributed by atoms with Crippen LogP contribution < -0.4 is 19.6 Å². The Morgan fingerprint density at radius 1 is 1.19 bits per heavy atom. The SMILES string of the molecule is COc1ccccc1OCC(=O)N/N=C\c1ccc(OC2CSC2)cc1. The molecule has 0 spiro atoms. The van der Waals surface area contributed by atoms with Gasteiger partial charge in [0.1, 0.15) is 11.9 Å². The van der Waals surface area contributed by atoms with Crippen LogP contribution in [0.4, 0.5) is 0 Å². The van der Waals surface area contributed by atoms with Crippen molar-refractivity contribution >= 4 is 23.9 Å². The van der Waals surface area contributed by atoms with E-state index in [0.717, 1.165) is 22.8 Å². The monoisotopic (exact) mass is 372 g/mol. The highest BCUT2D eigenvalue weighted by molar-refractivity contribution is 8.00. The number of benzene rings is 2. The highest BCUT2D eigenvalue weighted by Gasteiger charge is 2.19. The number of hydrogen-bond acceptors (Lipinski definition) is 6. The van der Waals surface area contributed by atoms with E-state index in [-0.39, 0.29) is 12.5 Å². The molecule has 1 aliphatic heterocycles. The van der Waals surface area contributed by atoms with Gasteiger partial charge in [0.15, 0.2) is 18.1 Å². The highest BCUT2D eigenvalue weighted by atomic mass is 32.2. The molecule has 1 heterocycles. The Labute approximate surface area is 156 Å². The molecule has 1 amide bonds. The molecule has 0 atom stereocenters. The number of amides is 1. The zero-order valence-corrected chi connectivity index (χ0v) is 15.2. The van der Waals surface area contributed by atoms with Gasteiger partial charge in [-0.15, -0.1) is 0 Å². The number of nitrogens with one attached hydrogen (secondary N) is 1. The molecule has 1 aliphatic rings. The molecule has 0 radical (unpaired) electrons. The van der Waals surface area contributed by atoms with Crippen molar-refractivity contribution in [2.45, 2.75) is 6.10 Å². The van der Waals surface area contributed by atoms with Gasteiger partial charge in [-0.3, -0.25) is 4.79 Å². The van der Waals surface area contributed by atoms with Crippen molar-refractivity contribution in [3.05, 3.63) is 54.1 Å². The fourth-order valence-electron chi connectivity index (χ4n) is 2.20. The summed E-state index contributed by atoms with van der Waals surface area (Å²) in [7, 11) is 1.55. The normalized spacial score (nSPS) is 13.9. The van der Waals surface area contributed by atoms with Crippen LogP contribution in [0.2, 0.25) is 0 Å². The molecule has 0 unspecified atom stereocenters. The summed E-state index contributed by atoms with van der Waals surface area (Å²) >= 11 is 1.88. The Kier molecular flexibility index (Phi) is 6.38. The molecule has 0 bridgehead atoms. The molecular formula is C19H20N2O4S. The maximum absolute atomic E-state index is 11.8. The molecule has 136 valence electrons. The predicted molar refractivity (Wildman–Crippen MR) is 102 cm³/mol. The molecule has 1 N–H and O–H groups in total. The van der Waals surface area contributed by atoms with Gasteiger partial charge in [0.2, 0.25) is 0 Å². The molecule has 1 saturated heterocycles. The largest absolute Gasteiger partial charge is 0.493 e. The van der Waals surface area contributed by atoms with E-state index < -0.39 is 0 Å². The van der Waals surface area contributed by atoms with Crippen molar-refractivity contribution in [1.29, 1.82) is 0 Å². The molecule has 0 aromatic heterocycles. The first-order chi connectivity index (χ1) is 12.7. The summed E-state index contributed by atoms with van der Waals surface area (Å²) in [6.45, 7) is -0.149. The maximum atomic E-state index is 11.8. The molecule has 6 nitrogen and oxygen atoms in total. The second-order valence-electron chi connectivity index (χ2n) is 5.58. The number of carbonyl (C=O) groups excluding carboxylic acids is 1. The smallest absolute Gasteiger partial charge is 0.277 e. The number of hydrazone groups is 1. The summed E-state index contributed by atoms with van der Waals surface area (Å²) < 4.78 is 16.4. The van der Waals surface area contributed by atoms with Crippen molar-refractivity contribution in [2.75, 3.05) is 25.2 Å². The van der Waals surface area contributed by atoms with Gasteiger partial charge in [-0.2, -0.15) is 16.9 Å². The Bertz CT molecular complexity index is 760. The number of hydrogen-bond donors (Lipinski definition) is 1. The first kappa shape index (κ1) is 18.1. The highest BCUT2D eigenvalue weighted by Crippen LogP contribution is 2.25. The summed E-state index contributed by atoms with van der Waals surface area (Å²) in [5.74, 6) is 3.68.